The Kier molecular flexibility index (Phi) is 7.67. The van der Waals surface area contributed by atoms with Crippen LogP contribution in [-0.4, -0.2) is 18.7 Å². The van der Waals surface area contributed by atoms with Crippen LogP contribution in [-0.2, 0) is 11.4 Å². The molecule has 0 saturated carbocycles. The van der Waals surface area contributed by atoms with E-state index in [9.17, 15) is 4.79 Å². The maximum absolute atomic E-state index is 11.9. The molecule has 0 bridgehead atoms. The molecule has 1 N–H and O–H groups in total. The molecule has 1 amide bonds. The van der Waals surface area contributed by atoms with Crippen molar-refractivity contribution in [3.63, 3.8) is 0 Å². The zero-order valence-corrected chi connectivity index (χ0v) is 17.7. The number of ether oxygens (including phenoxy) is 2. The van der Waals surface area contributed by atoms with Crippen molar-refractivity contribution >= 4 is 39.7 Å². The van der Waals surface area contributed by atoms with Gasteiger partial charge in [0.05, 0.1) is 11.2 Å². The lowest BCUT2D eigenvalue weighted by molar-refractivity contribution is -0.123. The Morgan fingerprint density at radius 3 is 2.55 bits per heavy atom. The number of carbonyl (C=O) groups is 1. The predicted octanol–water partition coefficient (Wildman–Crippen LogP) is 5.21. The predicted molar refractivity (Wildman–Crippen MR) is 118 cm³/mol. The average Bonchev–Trinajstić information content (AvgIpc) is 2.73. The Morgan fingerprint density at radius 1 is 1.00 bits per heavy atom. The van der Waals surface area contributed by atoms with Gasteiger partial charge in [-0.1, -0.05) is 70.0 Å². The van der Waals surface area contributed by atoms with Crippen LogP contribution in [0.4, 0.5) is 0 Å². The van der Waals surface area contributed by atoms with E-state index in [1.165, 1.54) is 6.21 Å². The van der Waals surface area contributed by atoms with E-state index < -0.39 is 5.91 Å². The molecule has 0 unspecified atom stereocenters. The number of hydrazone groups is 1. The highest BCUT2D eigenvalue weighted by Crippen LogP contribution is 2.27. The minimum atomic E-state index is -0.400. The summed E-state index contributed by atoms with van der Waals surface area (Å²) in [5.41, 5.74) is 4.25. The van der Waals surface area contributed by atoms with Gasteiger partial charge < -0.3 is 9.47 Å². The number of amides is 1. The van der Waals surface area contributed by atoms with E-state index in [0.29, 0.717) is 23.1 Å². The molecule has 0 spiro atoms. The topological polar surface area (TPSA) is 59.9 Å². The van der Waals surface area contributed by atoms with Crippen molar-refractivity contribution in [1.82, 2.24) is 5.43 Å². The molecule has 0 saturated heterocycles. The number of para-hydroxylation sites is 1. The molecule has 0 aromatic heterocycles. The number of halogens is 2. The molecule has 0 aliphatic carbocycles. The molecule has 0 fully saturated rings. The van der Waals surface area contributed by atoms with Crippen LogP contribution in [0.25, 0.3) is 0 Å². The van der Waals surface area contributed by atoms with Crippen molar-refractivity contribution in [2.24, 2.45) is 5.10 Å². The molecular formula is C22H18BrClN2O3. The van der Waals surface area contributed by atoms with Crippen LogP contribution in [0.5, 0.6) is 11.5 Å². The lowest BCUT2D eigenvalue weighted by atomic mass is 10.2. The van der Waals surface area contributed by atoms with Crippen molar-refractivity contribution < 1.29 is 14.3 Å². The van der Waals surface area contributed by atoms with Gasteiger partial charge in [-0.25, -0.2) is 5.43 Å². The maximum atomic E-state index is 11.9. The Morgan fingerprint density at radius 2 is 1.76 bits per heavy atom. The summed E-state index contributed by atoms with van der Waals surface area (Å²) in [5.74, 6) is 0.698. The van der Waals surface area contributed by atoms with Gasteiger partial charge in [0.2, 0.25) is 0 Å². The van der Waals surface area contributed by atoms with Crippen LogP contribution in [0.15, 0.2) is 82.4 Å². The van der Waals surface area contributed by atoms with Gasteiger partial charge in [0.15, 0.2) is 6.61 Å². The summed E-state index contributed by atoms with van der Waals surface area (Å²) in [6, 6.07) is 22.5. The van der Waals surface area contributed by atoms with Gasteiger partial charge in [-0.05, 0) is 35.9 Å². The minimum Gasteiger partial charge on any atom is -0.488 e. The summed E-state index contributed by atoms with van der Waals surface area (Å²) in [6.07, 6.45) is 1.53. The lowest BCUT2D eigenvalue weighted by Gasteiger charge is -2.09. The zero-order valence-electron chi connectivity index (χ0n) is 15.3. The molecule has 29 heavy (non-hydrogen) atoms. The fourth-order valence-electron chi connectivity index (χ4n) is 2.40. The molecule has 5 nitrogen and oxygen atoms in total. The van der Waals surface area contributed by atoms with Gasteiger partial charge in [-0.2, -0.15) is 5.10 Å². The van der Waals surface area contributed by atoms with Gasteiger partial charge in [0.25, 0.3) is 5.91 Å². The second kappa shape index (κ2) is 10.6. The standard InChI is InChI=1S/C22H18BrClN2O3/c23-18-10-11-21(19(24)12-18)29-15-22(27)26-25-13-17-8-4-5-9-20(17)28-14-16-6-2-1-3-7-16/h1-13H,14-15H2,(H,26,27). The molecule has 3 aromatic carbocycles. The van der Waals surface area contributed by atoms with Crippen molar-refractivity contribution in [2.45, 2.75) is 6.61 Å². The Labute approximate surface area is 182 Å². The van der Waals surface area contributed by atoms with Crippen LogP contribution >= 0.6 is 27.5 Å². The van der Waals surface area contributed by atoms with Crippen LogP contribution in [0.1, 0.15) is 11.1 Å². The molecule has 0 aliphatic rings. The third-order valence-electron chi connectivity index (χ3n) is 3.80. The minimum absolute atomic E-state index is 0.204. The maximum Gasteiger partial charge on any atom is 0.277 e. The van der Waals surface area contributed by atoms with Crippen LogP contribution in [0, 0.1) is 0 Å². The largest absolute Gasteiger partial charge is 0.488 e. The summed E-state index contributed by atoms with van der Waals surface area (Å²) in [6.45, 7) is 0.241. The Bertz CT molecular complexity index is 996. The fraction of sp³-hybridized carbons (Fsp3) is 0.0909. The SMILES string of the molecule is O=C(COc1ccc(Br)cc1Cl)NN=Cc1ccccc1OCc1ccccc1. The molecule has 148 valence electrons. The highest BCUT2D eigenvalue weighted by Gasteiger charge is 2.06. The summed E-state index contributed by atoms with van der Waals surface area (Å²) in [4.78, 5) is 11.9. The van der Waals surface area contributed by atoms with E-state index in [1.54, 1.807) is 18.2 Å². The highest BCUT2D eigenvalue weighted by atomic mass is 79.9. The van der Waals surface area contributed by atoms with E-state index in [1.807, 2.05) is 54.6 Å². The first kappa shape index (κ1) is 20.9. The summed E-state index contributed by atoms with van der Waals surface area (Å²) in [5, 5.41) is 4.40. The number of hydrogen-bond acceptors (Lipinski definition) is 4. The van der Waals surface area contributed by atoms with Gasteiger partial charge in [-0.15, -0.1) is 0 Å². The fourth-order valence-corrected chi connectivity index (χ4v) is 3.12. The molecular weight excluding hydrogens is 456 g/mol. The number of nitrogens with one attached hydrogen (secondary N) is 1. The van der Waals surface area contributed by atoms with Crippen LogP contribution in [0.3, 0.4) is 0 Å². The third-order valence-corrected chi connectivity index (χ3v) is 4.59. The van der Waals surface area contributed by atoms with Gasteiger partial charge in [-0.3, -0.25) is 4.79 Å². The number of nitrogens with zero attached hydrogens (tertiary/aromatic N) is 1. The second-order valence-corrected chi connectivity index (χ2v) is 7.29. The summed E-state index contributed by atoms with van der Waals surface area (Å²) < 4.78 is 12.1. The molecule has 0 aliphatic heterocycles. The first-order chi connectivity index (χ1) is 14.1. The number of rotatable bonds is 8. The number of carbonyl (C=O) groups excluding carboxylic acids is 1. The van der Waals surface area contributed by atoms with Crippen molar-refractivity contribution in [3.05, 3.63) is 93.4 Å². The summed E-state index contributed by atoms with van der Waals surface area (Å²) in [7, 11) is 0. The average molecular weight is 474 g/mol. The molecule has 3 rings (SSSR count). The third kappa shape index (κ3) is 6.62. The molecule has 3 aromatic rings. The first-order valence-corrected chi connectivity index (χ1v) is 9.94. The van der Waals surface area contributed by atoms with E-state index >= 15 is 0 Å². The summed E-state index contributed by atoms with van der Waals surface area (Å²) >= 11 is 9.37. The van der Waals surface area contributed by atoms with Gasteiger partial charge >= 0.3 is 0 Å². The molecule has 0 heterocycles. The number of benzene rings is 3. The lowest BCUT2D eigenvalue weighted by Crippen LogP contribution is -2.24. The highest BCUT2D eigenvalue weighted by molar-refractivity contribution is 9.10. The van der Waals surface area contributed by atoms with Crippen LogP contribution < -0.4 is 14.9 Å². The molecule has 0 radical (unpaired) electrons. The number of hydrogen-bond donors (Lipinski definition) is 1. The van der Waals surface area contributed by atoms with Crippen LogP contribution in [0.2, 0.25) is 5.02 Å². The van der Waals surface area contributed by atoms with Gasteiger partial charge in [0, 0.05) is 10.0 Å². The Balaban J connectivity index is 1.52. The zero-order chi connectivity index (χ0) is 20.5. The van der Waals surface area contributed by atoms with E-state index in [2.05, 4.69) is 26.5 Å². The normalized spacial score (nSPS) is 10.7. The quantitative estimate of drug-likeness (QED) is 0.361. The van der Waals surface area contributed by atoms with Crippen molar-refractivity contribution in [3.8, 4) is 11.5 Å². The van der Waals surface area contributed by atoms with E-state index in [-0.39, 0.29) is 6.61 Å². The Hall–Kier alpha value is -2.83. The van der Waals surface area contributed by atoms with E-state index in [4.69, 9.17) is 21.1 Å². The van der Waals surface area contributed by atoms with E-state index in [0.717, 1.165) is 15.6 Å². The smallest absolute Gasteiger partial charge is 0.277 e. The van der Waals surface area contributed by atoms with Gasteiger partial charge in [0.1, 0.15) is 18.1 Å². The monoisotopic (exact) mass is 472 g/mol. The second-order valence-electron chi connectivity index (χ2n) is 5.97. The van der Waals surface area contributed by atoms with Crippen molar-refractivity contribution in [2.75, 3.05) is 6.61 Å². The molecule has 7 heteroatoms. The molecule has 0 atom stereocenters. The van der Waals surface area contributed by atoms with Crippen molar-refractivity contribution in [1.29, 1.82) is 0 Å². The first-order valence-electron chi connectivity index (χ1n) is 8.77.